The number of aromatic nitrogens is 1. The molecular weight excluding hydrogens is 310 g/mol. The van der Waals surface area contributed by atoms with Gasteiger partial charge in [-0.25, -0.2) is 8.42 Å². The van der Waals surface area contributed by atoms with Crippen LogP contribution in [-0.2, 0) is 16.6 Å². The van der Waals surface area contributed by atoms with Crippen molar-refractivity contribution in [1.29, 1.82) is 0 Å². The van der Waals surface area contributed by atoms with Crippen molar-refractivity contribution in [2.24, 2.45) is 0 Å². The molecule has 0 aliphatic rings. The van der Waals surface area contributed by atoms with Crippen LogP contribution in [0.1, 0.15) is 11.1 Å². The first-order valence-corrected chi connectivity index (χ1v) is 8.16. The Bertz CT molecular complexity index is 748. The number of sulfonamides is 1. The molecule has 2 N–H and O–H groups in total. The third-order valence-electron chi connectivity index (χ3n) is 2.98. The van der Waals surface area contributed by atoms with Crippen LogP contribution in [0.25, 0.3) is 0 Å². The lowest BCUT2D eigenvalue weighted by atomic mass is 10.2. The Labute approximate surface area is 129 Å². The topological polar surface area (TPSA) is 71.1 Å². The van der Waals surface area contributed by atoms with E-state index in [1.54, 1.807) is 31.4 Å². The van der Waals surface area contributed by atoms with Crippen molar-refractivity contribution >= 4 is 27.3 Å². The molecule has 0 saturated carbocycles. The summed E-state index contributed by atoms with van der Waals surface area (Å²) in [6.45, 7) is 2.31. The molecule has 0 bridgehead atoms. The third kappa shape index (κ3) is 3.72. The second-order valence-electron chi connectivity index (χ2n) is 4.58. The third-order valence-corrected chi connectivity index (χ3v) is 4.71. The van der Waals surface area contributed by atoms with Gasteiger partial charge in [0.1, 0.15) is 0 Å². The molecule has 0 radical (unpaired) electrons. The van der Waals surface area contributed by atoms with Gasteiger partial charge >= 0.3 is 0 Å². The lowest BCUT2D eigenvalue weighted by molar-refractivity contribution is 0.601. The molecule has 21 heavy (non-hydrogen) atoms. The number of nitrogens with one attached hydrogen (secondary N) is 2. The standard InChI is InChI=1S/C14H16ClN3O2S/c1-10-5-6-17-9-14(10)18-21(19,20)12-3-4-13(15)11(7-12)8-16-2/h3-7,9,16,18H,8H2,1-2H3. The van der Waals surface area contributed by atoms with Crippen molar-refractivity contribution in [1.82, 2.24) is 10.3 Å². The van der Waals surface area contributed by atoms with Gasteiger partial charge in [0, 0.05) is 17.8 Å². The number of hydrogen-bond donors (Lipinski definition) is 2. The van der Waals surface area contributed by atoms with E-state index in [9.17, 15) is 8.42 Å². The summed E-state index contributed by atoms with van der Waals surface area (Å²) in [4.78, 5) is 4.09. The fraction of sp³-hybridized carbons (Fsp3) is 0.214. The van der Waals surface area contributed by atoms with Crippen molar-refractivity contribution in [3.8, 4) is 0 Å². The number of anilines is 1. The second-order valence-corrected chi connectivity index (χ2v) is 6.67. The Morgan fingerprint density at radius 1 is 1.29 bits per heavy atom. The van der Waals surface area contributed by atoms with Crippen molar-refractivity contribution < 1.29 is 8.42 Å². The van der Waals surface area contributed by atoms with Crippen LogP contribution in [0.2, 0.25) is 5.02 Å². The molecule has 2 rings (SSSR count). The Morgan fingerprint density at radius 3 is 2.71 bits per heavy atom. The molecule has 1 heterocycles. The van der Waals surface area contributed by atoms with Crippen molar-refractivity contribution in [2.75, 3.05) is 11.8 Å². The highest BCUT2D eigenvalue weighted by Gasteiger charge is 2.16. The molecule has 1 aromatic carbocycles. The molecule has 2 aromatic rings. The number of pyridine rings is 1. The van der Waals surface area contributed by atoms with E-state index < -0.39 is 10.0 Å². The molecule has 0 spiro atoms. The fourth-order valence-electron chi connectivity index (χ4n) is 1.82. The summed E-state index contributed by atoms with van der Waals surface area (Å²) >= 11 is 6.05. The fourth-order valence-corrected chi connectivity index (χ4v) is 3.17. The van der Waals surface area contributed by atoms with Gasteiger partial charge in [-0.3, -0.25) is 9.71 Å². The van der Waals surface area contributed by atoms with Gasteiger partial charge in [0.05, 0.1) is 16.8 Å². The maximum atomic E-state index is 12.4. The Kier molecular flexibility index (Phi) is 4.82. The van der Waals surface area contributed by atoms with E-state index in [2.05, 4.69) is 15.0 Å². The zero-order chi connectivity index (χ0) is 15.5. The lowest BCUT2D eigenvalue weighted by Gasteiger charge is -2.11. The normalized spacial score (nSPS) is 11.4. The smallest absolute Gasteiger partial charge is 0.261 e. The maximum Gasteiger partial charge on any atom is 0.261 e. The van der Waals surface area contributed by atoms with Gasteiger partial charge in [0.25, 0.3) is 10.0 Å². The van der Waals surface area contributed by atoms with E-state index in [0.29, 0.717) is 17.3 Å². The van der Waals surface area contributed by atoms with Gasteiger partial charge in [-0.2, -0.15) is 0 Å². The number of nitrogens with zero attached hydrogens (tertiary/aromatic N) is 1. The highest BCUT2D eigenvalue weighted by Crippen LogP contribution is 2.23. The van der Waals surface area contributed by atoms with Gasteiger partial charge in [-0.05, 0) is 49.4 Å². The van der Waals surface area contributed by atoms with E-state index in [-0.39, 0.29) is 4.90 Å². The van der Waals surface area contributed by atoms with Gasteiger partial charge in [-0.15, -0.1) is 0 Å². The monoisotopic (exact) mass is 325 g/mol. The molecule has 7 heteroatoms. The predicted octanol–water partition coefficient (Wildman–Crippen LogP) is 2.56. The molecule has 0 saturated heterocycles. The van der Waals surface area contributed by atoms with Gasteiger partial charge in [0.15, 0.2) is 0 Å². The molecule has 0 atom stereocenters. The van der Waals surface area contributed by atoms with Crippen LogP contribution in [0, 0.1) is 6.92 Å². The number of rotatable bonds is 5. The van der Waals surface area contributed by atoms with Crippen LogP contribution < -0.4 is 10.0 Å². The van der Waals surface area contributed by atoms with E-state index in [1.807, 2.05) is 6.92 Å². The van der Waals surface area contributed by atoms with E-state index in [1.165, 1.54) is 12.3 Å². The van der Waals surface area contributed by atoms with Gasteiger partial charge < -0.3 is 5.32 Å². The SMILES string of the molecule is CNCc1cc(S(=O)(=O)Nc2cnccc2C)ccc1Cl. The summed E-state index contributed by atoms with van der Waals surface area (Å²) in [6, 6.07) is 6.37. The van der Waals surface area contributed by atoms with Crippen LogP contribution in [0.4, 0.5) is 5.69 Å². The molecule has 0 unspecified atom stereocenters. The molecule has 0 aliphatic heterocycles. The summed E-state index contributed by atoms with van der Waals surface area (Å²) < 4.78 is 27.4. The summed E-state index contributed by atoms with van der Waals surface area (Å²) in [5, 5.41) is 3.48. The van der Waals surface area contributed by atoms with E-state index >= 15 is 0 Å². The van der Waals surface area contributed by atoms with Gasteiger partial charge in [-0.1, -0.05) is 11.6 Å². The quantitative estimate of drug-likeness (QED) is 0.886. The number of hydrogen-bond acceptors (Lipinski definition) is 4. The Morgan fingerprint density at radius 2 is 2.05 bits per heavy atom. The largest absolute Gasteiger partial charge is 0.316 e. The van der Waals surface area contributed by atoms with Crippen molar-refractivity contribution in [3.05, 3.63) is 52.8 Å². The van der Waals surface area contributed by atoms with Crippen LogP contribution >= 0.6 is 11.6 Å². The minimum absolute atomic E-state index is 0.167. The highest BCUT2D eigenvalue weighted by atomic mass is 35.5. The molecular formula is C14H16ClN3O2S. The highest BCUT2D eigenvalue weighted by molar-refractivity contribution is 7.92. The zero-order valence-corrected chi connectivity index (χ0v) is 13.3. The first-order chi connectivity index (χ1) is 9.94. The Hall–Kier alpha value is -1.63. The van der Waals surface area contributed by atoms with Crippen LogP contribution in [0.3, 0.4) is 0 Å². The number of aryl methyl sites for hydroxylation is 1. The molecule has 0 amide bonds. The van der Waals surface area contributed by atoms with Crippen molar-refractivity contribution in [3.63, 3.8) is 0 Å². The molecule has 0 fully saturated rings. The minimum Gasteiger partial charge on any atom is -0.316 e. The van der Waals surface area contributed by atoms with Crippen LogP contribution in [-0.4, -0.2) is 20.4 Å². The lowest BCUT2D eigenvalue weighted by Crippen LogP contribution is -2.15. The van der Waals surface area contributed by atoms with Crippen molar-refractivity contribution in [2.45, 2.75) is 18.4 Å². The summed E-state index contributed by atoms with van der Waals surface area (Å²) in [5.41, 5.74) is 1.99. The molecule has 0 aliphatic carbocycles. The maximum absolute atomic E-state index is 12.4. The average molecular weight is 326 g/mol. The minimum atomic E-state index is -3.67. The predicted molar refractivity (Wildman–Crippen MR) is 84.0 cm³/mol. The summed E-state index contributed by atoms with van der Waals surface area (Å²) in [6.07, 6.45) is 3.09. The van der Waals surface area contributed by atoms with Crippen LogP contribution in [0.15, 0.2) is 41.6 Å². The number of benzene rings is 1. The van der Waals surface area contributed by atoms with Crippen LogP contribution in [0.5, 0.6) is 0 Å². The first-order valence-electron chi connectivity index (χ1n) is 6.30. The molecule has 112 valence electrons. The zero-order valence-electron chi connectivity index (χ0n) is 11.7. The number of halogens is 1. The van der Waals surface area contributed by atoms with E-state index in [0.717, 1.165) is 11.1 Å². The summed E-state index contributed by atoms with van der Waals surface area (Å²) in [7, 11) is -1.90. The molecule has 5 nitrogen and oxygen atoms in total. The molecule has 1 aromatic heterocycles. The Balaban J connectivity index is 2.36. The second kappa shape index (κ2) is 6.43. The van der Waals surface area contributed by atoms with E-state index in [4.69, 9.17) is 11.6 Å². The van der Waals surface area contributed by atoms with Gasteiger partial charge in [0.2, 0.25) is 0 Å². The first kappa shape index (κ1) is 15.8. The average Bonchev–Trinajstić information content (AvgIpc) is 2.44. The summed E-state index contributed by atoms with van der Waals surface area (Å²) in [5.74, 6) is 0.